The predicted octanol–water partition coefficient (Wildman–Crippen LogP) is 2.88. The van der Waals surface area contributed by atoms with E-state index in [1.165, 1.54) is 0 Å². The molecule has 1 aromatic rings. The molecule has 0 bridgehead atoms. The molecule has 2 aliphatic heterocycles. The first-order valence-electron chi connectivity index (χ1n) is 9.76. The summed E-state index contributed by atoms with van der Waals surface area (Å²) in [5, 5.41) is 10.1. The van der Waals surface area contributed by atoms with Gasteiger partial charge in [0.25, 0.3) is 0 Å². The second-order valence-corrected chi connectivity index (χ2v) is 9.68. The van der Waals surface area contributed by atoms with E-state index in [-0.39, 0.29) is 40.6 Å². The van der Waals surface area contributed by atoms with Crippen LogP contribution in [-0.2, 0) is 9.59 Å². The van der Waals surface area contributed by atoms with Crippen molar-refractivity contribution in [2.75, 3.05) is 5.75 Å². The van der Waals surface area contributed by atoms with Crippen LogP contribution in [0.3, 0.4) is 0 Å². The molecule has 6 heteroatoms. The highest BCUT2D eigenvalue weighted by molar-refractivity contribution is 7.99. The van der Waals surface area contributed by atoms with E-state index in [1.807, 2.05) is 36.4 Å². The molecule has 3 aliphatic rings. The van der Waals surface area contributed by atoms with Crippen molar-refractivity contribution in [3.8, 4) is 0 Å². The van der Waals surface area contributed by atoms with E-state index in [2.05, 4.69) is 36.4 Å². The highest BCUT2D eigenvalue weighted by Gasteiger charge is 2.50. The topological polar surface area (TPSA) is 70.2 Å². The molecule has 4 unspecified atom stereocenters. The molecule has 1 aliphatic carbocycles. The van der Waals surface area contributed by atoms with E-state index >= 15 is 0 Å². The third-order valence-electron chi connectivity index (χ3n) is 5.73. The Morgan fingerprint density at radius 1 is 1.18 bits per heavy atom. The van der Waals surface area contributed by atoms with Crippen LogP contribution in [0.25, 0.3) is 0 Å². The van der Waals surface area contributed by atoms with Crippen LogP contribution in [0.15, 0.2) is 54.3 Å². The molecule has 3 N–H and O–H groups in total. The van der Waals surface area contributed by atoms with Crippen molar-refractivity contribution in [3.05, 3.63) is 59.8 Å². The summed E-state index contributed by atoms with van der Waals surface area (Å²) in [5.41, 5.74) is 2.55. The number of hydrogen-bond donors (Lipinski definition) is 3. The maximum atomic E-state index is 13.1. The first kappa shape index (κ1) is 19.3. The lowest BCUT2D eigenvalue weighted by atomic mass is 9.66. The molecule has 148 valence electrons. The standard InChI is InChI=1S/C22H27N3O2S/c1-4-10-28-21-24-19-18(20(27)25-21)16(13-8-6-5-7-9-13)17-14(23-19)11-22(2,3)12-15(17)26/h4-9,16,18-19,21,23-24H,1,10-12H2,2-3H3,(H,25,27). The van der Waals surface area contributed by atoms with Gasteiger partial charge in [0.05, 0.1) is 12.1 Å². The molecule has 0 saturated carbocycles. The van der Waals surface area contributed by atoms with Crippen LogP contribution in [0.1, 0.15) is 38.2 Å². The van der Waals surface area contributed by atoms with Crippen molar-refractivity contribution in [2.24, 2.45) is 11.3 Å². The minimum atomic E-state index is -0.369. The Bertz CT molecular complexity index is 833. The number of thioether (sulfide) groups is 1. The number of fused-ring (bicyclic) bond motifs is 1. The number of allylic oxidation sites excluding steroid dienone is 2. The molecule has 0 radical (unpaired) electrons. The Hall–Kier alpha value is -2.05. The molecule has 1 saturated heterocycles. The van der Waals surface area contributed by atoms with Gasteiger partial charge in [0, 0.05) is 29.4 Å². The van der Waals surface area contributed by atoms with E-state index in [9.17, 15) is 9.59 Å². The third kappa shape index (κ3) is 3.51. The molecule has 0 aromatic heterocycles. The molecule has 1 amide bonds. The number of Topliss-reactive ketones (excluding diaryl/α,β-unsaturated/α-hetero) is 1. The number of carbonyl (C=O) groups excluding carboxylic acids is 2. The van der Waals surface area contributed by atoms with Crippen LogP contribution in [0.5, 0.6) is 0 Å². The predicted molar refractivity (Wildman–Crippen MR) is 112 cm³/mol. The lowest BCUT2D eigenvalue weighted by Crippen LogP contribution is -2.68. The van der Waals surface area contributed by atoms with Gasteiger partial charge in [-0.05, 0) is 17.4 Å². The minimum absolute atomic E-state index is 0.0177. The van der Waals surface area contributed by atoms with Gasteiger partial charge in [-0.25, -0.2) is 0 Å². The number of benzene rings is 1. The van der Waals surface area contributed by atoms with E-state index in [1.54, 1.807) is 11.8 Å². The molecule has 28 heavy (non-hydrogen) atoms. The van der Waals surface area contributed by atoms with Crippen molar-refractivity contribution < 1.29 is 9.59 Å². The Morgan fingerprint density at radius 3 is 2.64 bits per heavy atom. The fraction of sp³-hybridized carbons (Fsp3) is 0.455. The van der Waals surface area contributed by atoms with E-state index < -0.39 is 0 Å². The van der Waals surface area contributed by atoms with E-state index in [4.69, 9.17) is 0 Å². The Balaban J connectivity index is 1.76. The summed E-state index contributed by atoms with van der Waals surface area (Å²) in [6, 6.07) is 9.96. The molecule has 1 fully saturated rings. The molecule has 2 heterocycles. The van der Waals surface area contributed by atoms with Gasteiger partial charge in [0.1, 0.15) is 5.50 Å². The Kier molecular flexibility index (Phi) is 5.10. The zero-order valence-corrected chi connectivity index (χ0v) is 17.1. The summed E-state index contributed by atoms with van der Waals surface area (Å²) in [7, 11) is 0. The first-order chi connectivity index (χ1) is 13.4. The lowest BCUT2D eigenvalue weighted by molar-refractivity contribution is -0.130. The van der Waals surface area contributed by atoms with Crippen LogP contribution in [0, 0.1) is 11.3 Å². The SMILES string of the molecule is C=CCSC1NC(=O)C2C(NC3=C(C(=O)CC(C)(C)C3)C2c2ccccc2)N1. The average molecular weight is 398 g/mol. The molecular weight excluding hydrogens is 370 g/mol. The number of nitrogens with one attached hydrogen (secondary N) is 3. The molecule has 5 nitrogen and oxygen atoms in total. The van der Waals surface area contributed by atoms with Gasteiger partial charge in [-0.2, -0.15) is 0 Å². The van der Waals surface area contributed by atoms with Gasteiger partial charge >= 0.3 is 0 Å². The van der Waals surface area contributed by atoms with Gasteiger partial charge in [-0.15, -0.1) is 18.3 Å². The third-order valence-corrected chi connectivity index (χ3v) is 6.74. The van der Waals surface area contributed by atoms with Gasteiger partial charge in [-0.3, -0.25) is 14.9 Å². The highest BCUT2D eigenvalue weighted by atomic mass is 32.2. The quantitative estimate of drug-likeness (QED) is 0.682. The van der Waals surface area contributed by atoms with Crippen molar-refractivity contribution in [1.29, 1.82) is 0 Å². The zero-order valence-electron chi connectivity index (χ0n) is 16.3. The van der Waals surface area contributed by atoms with Crippen LogP contribution >= 0.6 is 11.8 Å². The van der Waals surface area contributed by atoms with Crippen molar-refractivity contribution in [3.63, 3.8) is 0 Å². The summed E-state index contributed by atoms with van der Waals surface area (Å²) in [4.78, 5) is 26.3. The second-order valence-electron chi connectivity index (χ2n) is 8.55. The van der Waals surface area contributed by atoms with E-state index in [0.29, 0.717) is 6.42 Å². The maximum Gasteiger partial charge on any atom is 0.229 e. The molecular formula is C22H27N3O2S. The summed E-state index contributed by atoms with van der Waals surface area (Å²) >= 11 is 1.60. The number of rotatable bonds is 4. The van der Waals surface area contributed by atoms with E-state index in [0.717, 1.165) is 29.0 Å². The summed E-state index contributed by atoms with van der Waals surface area (Å²) in [5.74, 6) is 0.283. The highest BCUT2D eigenvalue weighted by Crippen LogP contribution is 2.47. The van der Waals surface area contributed by atoms with Crippen LogP contribution in [0.2, 0.25) is 0 Å². The Morgan fingerprint density at radius 2 is 1.93 bits per heavy atom. The zero-order chi connectivity index (χ0) is 19.9. The van der Waals surface area contributed by atoms with Crippen LogP contribution in [0.4, 0.5) is 0 Å². The van der Waals surface area contributed by atoms with Crippen LogP contribution in [-0.4, -0.2) is 29.1 Å². The summed E-state index contributed by atoms with van der Waals surface area (Å²) in [6.45, 7) is 8.01. The van der Waals surface area contributed by atoms with Crippen LogP contribution < -0.4 is 16.0 Å². The van der Waals surface area contributed by atoms with Gasteiger partial charge < -0.3 is 10.6 Å². The smallest absolute Gasteiger partial charge is 0.229 e. The molecule has 4 atom stereocenters. The first-order valence-corrected chi connectivity index (χ1v) is 10.8. The largest absolute Gasteiger partial charge is 0.372 e. The van der Waals surface area contributed by atoms with Crippen molar-refractivity contribution >= 4 is 23.5 Å². The van der Waals surface area contributed by atoms with Gasteiger partial charge in [0.2, 0.25) is 5.91 Å². The number of carbonyl (C=O) groups is 2. The number of hydrogen-bond acceptors (Lipinski definition) is 5. The Labute approximate surface area is 170 Å². The van der Waals surface area contributed by atoms with Gasteiger partial charge in [-0.1, -0.05) is 50.3 Å². The average Bonchev–Trinajstić information content (AvgIpc) is 2.64. The fourth-order valence-electron chi connectivity index (χ4n) is 4.64. The monoisotopic (exact) mass is 397 g/mol. The van der Waals surface area contributed by atoms with Crippen molar-refractivity contribution in [2.45, 2.75) is 44.3 Å². The molecule has 0 spiro atoms. The molecule has 4 rings (SSSR count). The number of ketones is 1. The normalized spacial score (nSPS) is 31.4. The fourth-order valence-corrected chi connectivity index (χ4v) is 5.41. The lowest BCUT2D eigenvalue weighted by Gasteiger charge is -2.48. The van der Waals surface area contributed by atoms with Crippen molar-refractivity contribution in [1.82, 2.24) is 16.0 Å². The van der Waals surface area contributed by atoms with Gasteiger partial charge in [0.15, 0.2) is 5.78 Å². The molecule has 1 aromatic carbocycles. The summed E-state index contributed by atoms with van der Waals surface area (Å²) < 4.78 is 0. The maximum absolute atomic E-state index is 13.1. The number of amides is 1. The summed E-state index contributed by atoms with van der Waals surface area (Å²) in [6.07, 6.45) is 2.95. The minimum Gasteiger partial charge on any atom is -0.372 e. The second kappa shape index (κ2) is 7.41.